The van der Waals surface area contributed by atoms with Crippen LogP contribution in [0.3, 0.4) is 0 Å². The number of hydrogen-bond donors (Lipinski definition) is 1. The van der Waals surface area contributed by atoms with Crippen LogP contribution in [0, 0.1) is 0 Å². The van der Waals surface area contributed by atoms with Gasteiger partial charge in [-0.2, -0.15) is 0 Å². The van der Waals surface area contributed by atoms with Crippen molar-refractivity contribution in [2.45, 2.75) is 62.9 Å². The summed E-state index contributed by atoms with van der Waals surface area (Å²) in [5.41, 5.74) is 3.38. The van der Waals surface area contributed by atoms with E-state index in [9.17, 15) is 0 Å². The Labute approximate surface area is 129 Å². The van der Waals surface area contributed by atoms with Crippen molar-refractivity contribution < 1.29 is 0 Å². The van der Waals surface area contributed by atoms with E-state index in [0.717, 1.165) is 19.0 Å². The molecule has 2 aliphatic rings. The normalized spacial score (nSPS) is 21.7. The van der Waals surface area contributed by atoms with Crippen molar-refractivity contribution in [3.63, 3.8) is 0 Å². The molecule has 2 saturated carbocycles. The summed E-state index contributed by atoms with van der Waals surface area (Å²) in [6.07, 6.45) is 9.65. The van der Waals surface area contributed by atoms with E-state index in [1.807, 2.05) is 0 Å². The molecule has 1 aromatic carbocycles. The van der Waals surface area contributed by atoms with Gasteiger partial charge in [0.1, 0.15) is 0 Å². The monoisotopic (exact) mass is 286 g/mol. The quantitative estimate of drug-likeness (QED) is 0.852. The number of rotatable bonds is 6. The molecule has 3 rings (SSSR count). The molecule has 2 aliphatic carbocycles. The Morgan fingerprint density at radius 1 is 1.14 bits per heavy atom. The van der Waals surface area contributed by atoms with Crippen molar-refractivity contribution in [3.05, 3.63) is 35.4 Å². The molecule has 0 radical (unpaired) electrons. The van der Waals surface area contributed by atoms with Gasteiger partial charge in [-0.25, -0.2) is 0 Å². The zero-order valence-corrected chi connectivity index (χ0v) is 13.7. The molecule has 0 atom stereocenters. The number of hydrogen-bond acceptors (Lipinski definition) is 2. The lowest BCUT2D eigenvalue weighted by molar-refractivity contribution is 0.0984. The fourth-order valence-electron chi connectivity index (χ4n) is 3.81. The molecule has 0 aliphatic heterocycles. The van der Waals surface area contributed by atoms with Crippen molar-refractivity contribution in [2.24, 2.45) is 0 Å². The molecule has 2 heteroatoms. The zero-order valence-electron chi connectivity index (χ0n) is 13.7. The number of nitrogens with zero attached hydrogens (tertiary/aromatic N) is 1. The molecule has 0 heterocycles. The van der Waals surface area contributed by atoms with Crippen molar-refractivity contribution in [2.75, 3.05) is 20.6 Å². The van der Waals surface area contributed by atoms with Gasteiger partial charge in [-0.15, -0.1) is 0 Å². The minimum Gasteiger partial charge on any atom is -0.311 e. The average molecular weight is 286 g/mol. The molecule has 21 heavy (non-hydrogen) atoms. The van der Waals surface area contributed by atoms with Crippen molar-refractivity contribution in [1.29, 1.82) is 0 Å². The first kappa shape index (κ1) is 15.1. The molecular formula is C19H30N2. The predicted octanol–water partition coefficient (Wildman–Crippen LogP) is 3.92. The lowest BCUT2D eigenvalue weighted by Crippen LogP contribution is -2.52. The third kappa shape index (κ3) is 3.67. The Kier molecular flexibility index (Phi) is 4.66. The lowest BCUT2D eigenvalue weighted by atomic mass is 9.80. The van der Waals surface area contributed by atoms with E-state index in [0.29, 0.717) is 5.54 Å². The van der Waals surface area contributed by atoms with Gasteiger partial charge in [0.2, 0.25) is 0 Å². The maximum Gasteiger partial charge on any atom is 0.0328 e. The molecule has 0 aromatic heterocycles. The van der Waals surface area contributed by atoms with E-state index in [-0.39, 0.29) is 0 Å². The van der Waals surface area contributed by atoms with Gasteiger partial charge in [0.25, 0.3) is 0 Å². The fraction of sp³-hybridized carbons (Fsp3) is 0.684. The Morgan fingerprint density at radius 2 is 1.90 bits per heavy atom. The molecule has 2 fully saturated rings. The first-order valence-corrected chi connectivity index (χ1v) is 8.67. The second-order valence-corrected chi connectivity index (χ2v) is 7.30. The molecule has 0 bridgehead atoms. The molecule has 0 saturated heterocycles. The van der Waals surface area contributed by atoms with E-state index in [1.54, 1.807) is 5.56 Å². The summed E-state index contributed by atoms with van der Waals surface area (Å²) in [5, 5.41) is 3.74. The molecule has 1 aromatic rings. The van der Waals surface area contributed by atoms with E-state index in [4.69, 9.17) is 0 Å². The van der Waals surface area contributed by atoms with E-state index < -0.39 is 0 Å². The predicted molar refractivity (Wildman–Crippen MR) is 89.6 cm³/mol. The highest BCUT2D eigenvalue weighted by Crippen LogP contribution is 2.40. The van der Waals surface area contributed by atoms with Gasteiger partial charge < -0.3 is 10.2 Å². The van der Waals surface area contributed by atoms with Crippen LogP contribution in [0.5, 0.6) is 0 Å². The highest BCUT2D eigenvalue weighted by atomic mass is 15.2. The number of nitrogens with one attached hydrogen (secondary N) is 1. The standard InChI is InChI=1S/C19H30N2/c1-21(2)19(11-4-3-5-12-19)15-20-14-16-7-6-8-18(13-16)17-9-10-17/h6-8,13,17,20H,3-5,9-12,14-15H2,1-2H3. The van der Waals surface area contributed by atoms with Gasteiger partial charge in [-0.1, -0.05) is 43.5 Å². The second kappa shape index (κ2) is 6.50. The molecule has 0 unspecified atom stereocenters. The van der Waals surface area contributed by atoms with Crippen molar-refractivity contribution >= 4 is 0 Å². The molecule has 1 N–H and O–H groups in total. The fourth-order valence-corrected chi connectivity index (χ4v) is 3.81. The van der Waals surface area contributed by atoms with Crippen LogP contribution in [-0.4, -0.2) is 31.1 Å². The van der Waals surface area contributed by atoms with Crippen LogP contribution < -0.4 is 5.32 Å². The Balaban J connectivity index is 1.55. The minimum absolute atomic E-state index is 0.381. The van der Waals surface area contributed by atoms with Gasteiger partial charge in [0.05, 0.1) is 0 Å². The Morgan fingerprint density at radius 3 is 2.57 bits per heavy atom. The van der Waals surface area contributed by atoms with Gasteiger partial charge in [0, 0.05) is 18.6 Å². The van der Waals surface area contributed by atoms with Gasteiger partial charge >= 0.3 is 0 Å². The minimum atomic E-state index is 0.381. The summed E-state index contributed by atoms with van der Waals surface area (Å²) < 4.78 is 0. The second-order valence-electron chi connectivity index (χ2n) is 7.30. The molecule has 2 nitrogen and oxygen atoms in total. The van der Waals surface area contributed by atoms with Crippen molar-refractivity contribution in [1.82, 2.24) is 10.2 Å². The SMILES string of the molecule is CN(C)C1(CNCc2cccc(C3CC3)c2)CCCCC1. The Hall–Kier alpha value is -0.860. The number of benzene rings is 1. The first-order valence-electron chi connectivity index (χ1n) is 8.67. The van der Waals surface area contributed by atoms with Crippen LogP contribution in [-0.2, 0) is 6.54 Å². The number of likely N-dealkylation sites (N-methyl/N-ethyl adjacent to an activating group) is 1. The maximum absolute atomic E-state index is 3.74. The van der Waals surface area contributed by atoms with E-state index in [2.05, 4.69) is 48.6 Å². The summed E-state index contributed by atoms with van der Waals surface area (Å²) in [4.78, 5) is 2.46. The first-order chi connectivity index (χ1) is 10.2. The van der Waals surface area contributed by atoms with Crippen LogP contribution in [0.1, 0.15) is 62.0 Å². The smallest absolute Gasteiger partial charge is 0.0328 e. The Bertz CT molecular complexity index is 456. The zero-order chi connectivity index (χ0) is 14.7. The van der Waals surface area contributed by atoms with E-state index >= 15 is 0 Å². The summed E-state index contributed by atoms with van der Waals surface area (Å²) in [7, 11) is 4.50. The van der Waals surface area contributed by atoms with Crippen LogP contribution in [0.15, 0.2) is 24.3 Å². The highest BCUT2D eigenvalue weighted by molar-refractivity contribution is 5.29. The van der Waals surface area contributed by atoms with Crippen molar-refractivity contribution in [3.8, 4) is 0 Å². The summed E-state index contributed by atoms with van der Waals surface area (Å²) in [6.45, 7) is 2.13. The molecule has 0 amide bonds. The van der Waals surface area contributed by atoms with Crippen LogP contribution in [0.2, 0.25) is 0 Å². The summed E-state index contributed by atoms with van der Waals surface area (Å²) >= 11 is 0. The van der Waals surface area contributed by atoms with Crippen LogP contribution in [0.25, 0.3) is 0 Å². The summed E-state index contributed by atoms with van der Waals surface area (Å²) in [5.74, 6) is 0.858. The van der Waals surface area contributed by atoms with Gasteiger partial charge in [-0.3, -0.25) is 0 Å². The topological polar surface area (TPSA) is 15.3 Å². The van der Waals surface area contributed by atoms with Gasteiger partial charge in [0.15, 0.2) is 0 Å². The third-order valence-corrected chi connectivity index (χ3v) is 5.52. The highest BCUT2D eigenvalue weighted by Gasteiger charge is 2.33. The summed E-state index contributed by atoms with van der Waals surface area (Å²) in [6, 6.07) is 9.20. The lowest BCUT2D eigenvalue weighted by Gasteiger charge is -2.43. The molecule has 0 spiro atoms. The third-order valence-electron chi connectivity index (χ3n) is 5.52. The molecule has 116 valence electrons. The average Bonchev–Trinajstić information content (AvgIpc) is 3.33. The maximum atomic E-state index is 3.74. The van der Waals surface area contributed by atoms with Gasteiger partial charge in [-0.05, 0) is 56.8 Å². The van der Waals surface area contributed by atoms with E-state index in [1.165, 1.54) is 50.5 Å². The van der Waals surface area contributed by atoms with Crippen LogP contribution >= 0.6 is 0 Å². The largest absolute Gasteiger partial charge is 0.311 e. The molecular weight excluding hydrogens is 256 g/mol. The van der Waals surface area contributed by atoms with Crippen LogP contribution in [0.4, 0.5) is 0 Å².